The van der Waals surface area contributed by atoms with Crippen molar-refractivity contribution in [1.82, 2.24) is 10.6 Å². The number of hydrogen-bond donors (Lipinski definition) is 3. The fourth-order valence-corrected chi connectivity index (χ4v) is 3.46. The van der Waals surface area contributed by atoms with E-state index in [2.05, 4.69) is 17.6 Å². The monoisotopic (exact) mass is 296 g/mol. The number of hydrogen-bond acceptors (Lipinski definition) is 2. The molecule has 0 unspecified atom stereocenters. The van der Waals surface area contributed by atoms with E-state index in [0.29, 0.717) is 25.3 Å². The first-order chi connectivity index (χ1) is 10.1. The van der Waals surface area contributed by atoms with Crippen LogP contribution in [0.15, 0.2) is 0 Å². The molecule has 0 aromatic rings. The summed E-state index contributed by atoms with van der Waals surface area (Å²) in [6.45, 7) is 3.20. The van der Waals surface area contributed by atoms with Gasteiger partial charge in [0.05, 0.1) is 5.41 Å². The topological polar surface area (TPSA) is 78.4 Å². The molecule has 21 heavy (non-hydrogen) atoms. The molecule has 2 rings (SSSR count). The van der Waals surface area contributed by atoms with E-state index in [-0.39, 0.29) is 12.6 Å². The zero-order valence-corrected chi connectivity index (χ0v) is 13.0. The fraction of sp³-hybridized carbons (Fsp3) is 0.875. The number of urea groups is 1. The smallest absolute Gasteiger partial charge is 0.314 e. The first-order valence-electron chi connectivity index (χ1n) is 8.31. The van der Waals surface area contributed by atoms with Crippen LogP contribution in [0.1, 0.15) is 58.3 Å². The summed E-state index contributed by atoms with van der Waals surface area (Å²) in [4.78, 5) is 23.0. The summed E-state index contributed by atoms with van der Waals surface area (Å²) in [6.07, 6.45) is 8.47. The molecule has 0 bridgehead atoms. The van der Waals surface area contributed by atoms with Crippen LogP contribution in [0, 0.1) is 17.3 Å². The molecule has 120 valence electrons. The van der Waals surface area contributed by atoms with E-state index in [1.54, 1.807) is 0 Å². The Hall–Kier alpha value is -1.26. The fourth-order valence-electron chi connectivity index (χ4n) is 3.46. The number of amides is 2. The molecule has 2 amide bonds. The van der Waals surface area contributed by atoms with Gasteiger partial charge >= 0.3 is 12.0 Å². The molecule has 2 aliphatic rings. The van der Waals surface area contributed by atoms with E-state index in [4.69, 9.17) is 0 Å². The molecular weight excluding hydrogens is 268 g/mol. The van der Waals surface area contributed by atoms with E-state index >= 15 is 0 Å². The van der Waals surface area contributed by atoms with Gasteiger partial charge in [0.2, 0.25) is 0 Å². The second-order valence-corrected chi connectivity index (χ2v) is 6.80. The molecule has 2 aliphatic carbocycles. The minimum absolute atomic E-state index is 0.222. The predicted molar refractivity (Wildman–Crippen MR) is 81.1 cm³/mol. The minimum atomic E-state index is -0.785. The third kappa shape index (κ3) is 4.11. The molecule has 5 heteroatoms. The average molecular weight is 296 g/mol. The van der Waals surface area contributed by atoms with Gasteiger partial charge in [0.15, 0.2) is 0 Å². The van der Waals surface area contributed by atoms with Crippen molar-refractivity contribution < 1.29 is 14.7 Å². The summed E-state index contributed by atoms with van der Waals surface area (Å²) in [5.41, 5.74) is -0.712. The Morgan fingerprint density at radius 3 is 2.19 bits per heavy atom. The molecule has 3 N–H and O–H groups in total. The zero-order chi connectivity index (χ0) is 15.3. The SMILES string of the molecule is CCC1CCC(CNC(=O)NCC2(C(=O)O)CCC2)CC1. The molecule has 0 aliphatic heterocycles. The number of aliphatic carboxylic acids is 1. The van der Waals surface area contributed by atoms with Crippen LogP contribution in [-0.2, 0) is 4.79 Å². The second-order valence-electron chi connectivity index (χ2n) is 6.80. The van der Waals surface area contributed by atoms with Gasteiger partial charge in [-0.25, -0.2) is 4.79 Å². The molecule has 0 aromatic heterocycles. The number of nitrogens with one attached hydrogen (secondary N) is 2. The van der Waals surface area contributed by atoms with Crippen molar-refractivity contribution >= 4 is 12.0 Å². The highest BCUT2D eigenvalue weighted by Gasteiger charge is 2.44. The molecule has 0 heterocycles. The molecular formula is C16H28N2O3. The lowest BCUT2D eigenvalue weighted by Gasteiger charge is -2.37. The number of carboxylic acid groups (broad SMARTS) is 1. The third-order valence-corrected chi connectivity index (χ3v) is 5.45. The van der Waals surface area contributed by atoms with E-state index in [1.807, 2.05) is 0 Å². The van der Waals surface area contributed by atoms with E-state index in [9.17, 15) is 14.7 Å². The molecule has 0 saturated heterocycles. The van der Waals surface area contributed by atoms with Gasteiger partial charge in [-0.1, -0.05) is 32.6 Å². The highest BCUT2D eigenvalue weighted by Crippen LogP contribution is 2.40. The molecule has 0 aromatic carbocycles. The molecule has 0 atom stereocenters. The maximum absolute atomic E-state index is 11.8. The summed E-state index contributed by atoms with van der Waals surface area (Å²) in [6, 6.07) is -0.222. The molecule has 2 fully saturated rings. The lowest BCUT2D eigenvalue weighted by molar-refractivity contribution is -0.153. The van der Waals surface area contributed by atoms with Crippen molar-refractivity contribution in [3.8, 4) is 0 Å². The van der Waals surface area contributed by atoms with Gasteiger partial charge in [-0.15, -0.1) is 0 Å². The van der Waals surface area contributed by atoms with Crippen LogP contribution in [0.25, 0.3) is 0 Å². The first-order valence-corrected chi connectivity index (χ1v) is 8.31. The molecule has 0 spiro atoms. The van der Waals surface area contributed by atoms with Gasteiger partial charge in [0, 0.05) is 13.1 Å². The van der Waals surface area contributed by atoms with Gasteiger partial charge in [0.25, 0.3) is 0 Å². The van der Waals surface area contributed by atoms with E-state index < -0.39 is 11.4 Å². The number of carbonyl (C=O) groups excluding carboxylic acids is 1. The summed E-state index contributed by atoms with van der Waals surface area (Å²) in [5.74, 6) is 0.659. The summed E-state index contributed by atoms with van der Waals surface area (Å²) >= 11 is 0. The van der Waals surface area contributed by atoms with Gasteiger partial charge in [-0.2, -0.15) is 0 Å². The van der Waals surface area contributed by atoms with Crippen molar-refractivity contribution in [3.05, 3.63) is 0 Å². The highest BCUT2D eigenvalue weighted by atomic mass is 16.4. The van der Waals surface area contributed by atoms with Gasteiger partial charge < -0.3 is 15.7 Å². The van der Waals surface area contributed by atoms with Crippen molar-refractivity contribution in [2.75, 3.05) is 13.1 Å². The number of carboxylic acids is 1. The number of rotatable bonds is 6. The first kappa shape index (κ1) is 16.1. The van der Waals surface area contributed by atoms with Crippen LogP contribution in [0.4, 0.5) is 4.79 Å². The lowest BCUT2D eigenvalue weighted by atomic mass is 9.69. The maximum atomic E-state index is 11.8. The average Bonchev–Trinajstić information content (AvgIpc) is 2.44. The third-order valence-electron chi connectivity index (χ3n) is 5.45. The zero-order valence-electron chi connectivity index (χ0n) is 13.0. The Balaban J connectivity index is 1.63. The number of carbonyl (C=O) groups is 2. The van der Waals surface area contributed by atoms with Crippen LogP contribution >= 0.6 is 0 Å². The minimum Gasteiger partial charge on any atom is -0.481 e. The highest BCUT2D eigenvalue weighted by molar-refractivity contribution is 5.78. The van der Waals surface area contributed by atoms with Crippen molar-refractivity contribution in [2.45, 2.75) is 58.3 Å². The van der Waals surface area contributed by atoms with E-state index in [0.717, 1.165) is 12.3 Å². The van der Waals surface area contributed by atoms with Crippen molar-refractivity contribution in [2.24, 2.45) is 17.3 Å². The van der Waals surface area contributed by atoms with E-state index in [1.165, 1.54) is 32.1 Å². The largest absolute Gasteiger partial charge is 0.481 e. The predicted octanol–water partition coefficient (Wildman–Crippen LogP) is 2.76. The van der Waals surface area contributed by atoms with Gasteiger partial charge in [-0.05, 0) is 37.5 Å². The lowest BCUT2D eigenvalue weighted by Crippen LogP contribution is -2.50. The Morgan fingerprint density at radius 1 is 1.10 bits per heavy atom. The summed E-state index contributed by atoms with van der Waals surface area (Å²) in [7, 11) is 0. The second kappa shape index (κ2) is 7.14. The van der Waals surface area contributed by atoms with Gasteiger partial charge in [-0.3, -0.25) is 4.79 Å². The Kier molecular flexibility index (Phi) is 5.48. The maximum Gasteiger partial charge on any atom is 0.314 e. The van der Waals surface area contributed by atoms with Crippen LogP contribution < -0.4 is 10.6 Å². The normalized spacial score (nSPS) is 27.5. The van der Waals surface area contributed by atoms with Gasteiger partial charge in [0.1, 0.15) is 0 Å². The Labute approximate surface area is 126 Å². The van der Waals surface area contributed by atoms with Crippen LogP contribution in [0.3, 0.4) is 0 Å². The standard InChI is InChI=1S/C16H28N2O3/c1-2-12-4-6-13(7-5-12)10-17-15(21)18-11-16(14(19)20)8-3-9-16/h12-13H,2-11H2,1H3,(H,19,20)(H2,17,18,21). The Morgan fingerprint density at radius 2 is 1.71 bits per heavy atom. The molecule has 2 saturated carbocycles. The van der Waals surface area contributed by atoms with Crippen molar-refractivity contribution in [3.63, 3.8) is 0 Å². The van der Waals surface area contributed by atoms with Crippen molar-refractivity contribution in [1.29, 1.82) is 0 Å². The quantitative estimate of drug-likeness (QED) is 0.705. The summed E-state index contributed by atoms with van der Waals surface area (Å²) < 4.78 is 0. The molecule has 0 radical (unpaired) electrons. The van der Waals surface area contributed by atoms with Crippen LogP contribution in [-0.4, -0.2) is 30.2 Å². The van der Waals surface area contributed by atoms with Crippen LogP contribution in [0.5, 0.6) is 0 Å². The van der Waals surface area contributed by atoms with Crippen LogP contribution in [0.2, 0.25) is 0 Å². The summed E-state index contributed by atoms with van der Waals surface area (Å²) in [5, 5.41) is 14.8. The molecule has 5 nitrogen and oxygen atoms in total. The Bertz CT molecular complexity index is 372.